The number of fused-ring (bicyclic) bond motifs is 1. The summed E-state index contributed by atoms with van der Waals surface area (Å²) in [5, 5.41) is 9.79. The van der Waals surface area contributed by atoms with Crippen LogP contribution in [-0.4, -0.2) is 15.1 Å². The van der Waals surface area contributed by atoms with Gasteiger partial charge < -0.3 is 5.11 Å². The summed E-state index contributed by atoms with van der Waals surface area (Å²) in [5.74, 6) is 2.31. The van der Waals surface area contributed by atoms with Gasteiger partial charge in [-0.25, -0.2) is 4.98 Å². The van der Waals surface area contributed by atoms with Crippen LogP contribution < -0.4 is 0 Å². The Balaban J connectivity index is 2.12. The Morgan fingerprint density at radius 3 is 2.88 bits per heavy atom. The van der Waals surface area contributed by atoms with Crippen molar-refractivity contribution in [2.45, 2.75) is 11.5 Å². The van der Waals surface area contributed by atoms with Crippen LogP contribution >= 0.6 is 34.7 Å². The smallest absolute Gasteiger partial charge is 0.218 e. The van der Waals surface area contributed by atoms with Crippen LogP contribution in [0.3, 0.4) is 0 Å². The number of nitrogens with zero attached hydrogens (tertiary/aromatic N) is 2. The van der Waals surface area contributed by atoms with Gasteiger partial charge >= 0.3 is 0 Å². The molecule has 0 radical (unpaired) electrons. The lowest BCUT2D eigenvalue weighted by molar-refractivity contribution is 0.447. The Labute approximate surface area is 106 Å². The number of hydrogen-bond donors (Lipinski definition) is 1. The second-order valence-electron chi connectivity index (χ2n) is 3.39. The van der Waals surface area contributed by atoms with E-state index in [-0.39, 0.29) is 5.88 Å². The minimum Gasteiger partial charge on any atom is -0.493 e. The average Bonchev–Trinajstić information content (AvgIpc) is 2.85. The number of rotatable bonds is 1. The molecular formula is C10H7ClN2OS2. The monoisotopic (exact) mass is 270 g/mol. The van der Waals surface area contributed by atoms with Gasteiger partial charge in [0.25, 0.3) is 0 Å². The number of hydrogen-bond acceptors (Lipinski definition) is 5. The van der Waals surface area contributed by atoms with Crippen molar-refractivity contribution in [3.8, 4) is 16.6 Å². The highest BCUT2D eigenvalue weighted by Gasteiger charge is 2.20. The minimum absolute atomic E-state index is 0.106. The fourth-order valence-corrected chi connectivity index (χ4v) is 3.59. The maximum Gasteiger partial charge on any atom is 0.218 e. The molecule has 16 heavy (non-hydrogen) atoms. The van der Waals surface area contributed by atoms with E-state index in [0.29, 0.717) is 10.2 Å². The minimum atomic E-state index is 0.106. The summed E-state index contributed by atoms with van der Waals surface area (Å²) < 4.78 is 0.702. The molecule has 6 heteroatoms. The van der Waals surface area contributed by atoms with E-state index in [9.17, 15) is 5.11 Å². The van der Waals surface area contributed by atoms with Crippen LogP contribution in [0.1, 0.15) is 11.3 Å². The quantitative estimate of drug-likeness (QED) is 0.864. The molecule has 3 rings (SSSR count). The number of aromatic hydroxyl groups is 1. The van der Waals surface area contributed by atoms with Crippen molar-refractivity contribution in [3.63, 3.8) is 0 Å². The zero-order valence-corrected chi connectivity index (χ0v) is 10.5. The molecule has 0 unspecified atom stereocenters. The van der Waals surface area contributed by atoms with E-state index in [1.807, 2.05) is 12.1 Å². The molecule has 0 fully saturated rings. The largest absolute Gasteiger partial charge is 0.493 e. The van der Waals surface area contributed by atoms with Gasteiger partial charge in [-0.05, 0) is 12.1 Å². The third-order valence-electron chi connectivity index (χ3n) is 2.35. The molecule has 0 bridgehead atoms. The van der Waals surface area contributed by atoms with E-state index in [1.54, 1.807) is 11.8 Å². The summed E-state index contributed by atoms with van der Waals surface area (Å²) in [6.07, 6.45) is 0. The first kappa shape index (κ1) is 10.4. The van der Waals surface area contributed by atoms with E-state index < -0.39 is 0 Å². The first-order chi connectivity index (χ1) is 7.74. The highest BCUT2D eigenvalue weighted by atomic mass is 35.5. The van der Waals surface area contributed by atoms with Crippen molar-refractivity contribution < 1.29 is 5.11 Å². The Morgan fingerprint density at radius 2 is 2.12 bits per heavy atom. The third kappa shape index (κ3) is 1.69. The molecule has 2 aromatic rings. The summed E-state index contributed by atoms with van der Waals surface area (Å²) in [7, 11) is 0. The second kappa shape index (κ2) is 3.91. The first-order valence-electron chi connectivity index (χ1n) is 4.66. The Morgan fingerprint density at radius 1 is 1.25 bits per heavy atom. The lowest BCUT2D eigenvalue weighted by Crippen LogP contribution is -1.95. The number of thiophene rings is 1. The molecule has 2 aromatic heterocycles. The Bertz CT molecular complexity index is 556. The van der Waals surface area contributed by atoms with Gasteiger partial charge in [-0.2, -0.15) is 16.7 Å². The van der Waals surface area contributed by atoms with Crippen LogP contribution in [0.15, 0.2) is 12.1 Å². The Hall–Kier alpha value is -0.780. The molecule has 0 spiro atoms. The van der Waals surface area contributed by atoms with E-state index in [4.69, 9.17) is 11.6 Å². The maximum atomic E-state index is 9.79. The van der Waals surface area contributed by atoms with Crippen molar-refractivity contribution in [1.29, 1.82) is 0 Å². The fraction of sp³-hybridized carbons (Fsp3) is 0.200. The molecule has 82 valence electrons. The van der Waals surface area contributed by atoms with Crippen LogP contribution in [-0.2, 0) is 11.5 Å². The van der Waals surface area contributed by atoms with Crippen LogP contribution in [0.25, 0.3) is 10.7 Å². The molecule has 0 atom stereocenters. The predicted octanol–water partition coefficient (Wildman–Crippen LogP) is 3.31. The predicted molar refractivity (Wildman–Crippen MR) is 67.0 cm³/mol. The van der Waals surface area contributed by atoms with Gasteiger partial charge in [-0.3, -0.25) is 0 Å². The van der Waals surface area contributed by atoms with Crippen molar-refractivity contribution >= 4 is 34.7 Å². The SMILES string of the molecule is Oc1nc(-c2ccc(Cl)s2)nc2c1CSC2. The van der Waals surface area contributed by atoms with Crippen LogP contribution in [0.5, 0.6) is 5.88 Å². The molecule has 1 N–H and O–H groups in total. The number of aromatic nitrogens is 2. The summed E-state index contributed by atoms with van der Waals surface area (Å²) in [6.45, 7) is 0. The first-order valence-corrected chi connectivity index (χ1v) is 7.01. The van der Waals surface area contributed by atoms with E-state index in [2.05, 4.69) is 9.97 Å². The fourth-order valence-electron chi connectivity index (χ4n) is 1.58. The Kier molecular flexibility index (Phi) is 2.53. The standard InChI is InChI=1S/C10H7ClN2OS2/c11-8-2-1-7(16-8)9-12-6-4-15-3-5(6)10(14)13-9/h1-2H,3-4H2,(H,12,13,14). The van der Waals surface area contributed by atoms with Crippen LogP contribution in [0, 0.1) is 0 Å². The van der Waals surface area contributed by atoms with E-state index in [0.717, 1.165) is 27.6 Å². The maximum absolute atomic E-state index is 9.79. The van der Waals surface area contributed by atoms with Crippen molar-refractivity contribution in [3.05, 3.63) is 27.7 Å². The normalized spacial score (nSPS) is 14.1. The highest BCUT2D eigenvalue weighted by molar-refractivity contribution is 7.98. The lowest BCUT2D eigenvalue weighted by Gasteiger charge is -2.02. The van der Waals surface area contributed by atoms with Gasteiger partial charge in [0.05, 0.1) is 14.9 Å². The third-order valence-corrected chi connectivity index (χ3v) is 4.55. The van der Waals surface area contributed by atoms with Gasteiger partial charge in [-0.1, -0.05) is 11.6 Å². The average molecular weight is 271 g/mol. The van der Waals surface area contributed by atoms with Crippen molar-refractivity contribution in [2.24, 2.45) is 0 Å². The van der Waals surface area contributed by atoms with Crippen LogP contribution in [0.4, 0.5) is 0 Å². The highest BCUT2D eigenvalue weighted by Crippen LogP contribution is 2.36. The number of halogens is 1. The topological polar surface area (TPSA) is 46.0 Å². The molecule has 0 saturated carbocycles. The number of thioether (sulfide) groups is 1. The molecule has 3 nitrogen and oxygen atoms in total. The molecule has 0 amide bonds. The molecule has 1 aliphatic rings. The molecule has 0 aliphatic carbocycles. The van der Waals surface area contributed by atoms with Crippen molar-refractivity contribution in [1.82, 2.24) is 9.97 Å². The van der Waals surface area contributed by atoms with Gasteiger partial charge in [-0.15, -0.1) is 11.3 Å². The van der Waals surface area contributed by atoms with Gasteiger partial charge in [0.1, 0.15) is 0 Å². The zero-order valence-electron chi connectivity index (χ0n) is 8.11. The molecule has 0 aromatic carbocycles. The van der Waals surface area contributed by atoms with Crippen molar-refractivity contribution in [2.75, 3.05) is 0 Å². The lowest BCUT2D eigenvalue weighted by atomic mass is 10.2. The molecule has 3 heterocycles. The summed E-state index contributed by atoms with van der Waals surface area (Å²) in [6, 6.07) is 3.68. The molecule has 0 saturated heterocycles. The summed E-state index contributed by atoms with van der Waals surface area (Å²) in [5.41, 5.74) is 1.81. The van der Waals surface area contributed by atoms with Gasteiger partial charge in [0.15, 0.2) is 5.82 Å². The summed E-state index contributed by atoms with van der Waals surface area (Å²) in [4.78, 5) is 9.46. The molecular weight excluding hydrogens is 264 g/mol. The van der Waals surface area contributed by atoms with Gasteiger partial charge in [0.2, 0.25) is 5.88 Å². The zero-order chi connectivity index (χ0) is 11.1. The van der Waals surface area contributed by atoms with E-state index >= 15 is 0 Å². The summed E-state index contributed by atoms with van der Waals surface area (Å²) >= 11 is 9.02. The van der Waals surface area contributed by atoms with Gasteiger partial charge in [0, 0.05) is 17.1 Å². The molecule has 1 aliphatic heterocycles. The second-order valence-corrected chi connectivity index (χ2v) is 6.09. The van der Waals surface area contributed by atoms with E-state index in [1.165, 1.54) is 11.3 Å². The van der Waals surface area contributed by atoms with Crippen LogP contribution in [0.2, 0.25) is 4.34 Å².